The fourth-order valence-corrected chi connectivity index (χ4v) is 3.47. The van der Waals surface area contributed by atoms with Crippen molar-refractivity contribution in [2.45, 2.75) is 6.54 Å². The number of rotatable bonds is 4. The van der Waals surface area contributed by atoms with Crippen LogP contribution in [-0.2, 0) is 16.0 Å². The molecule has 3 aromatic heterocycles. The minimum absolute atomic E-state index is 0.159. The summed E-state index contributed by atoms with van der Waals surface area (Å²) >= 11 is 0. The van der Waals surface area contributed by atoms with E-state index in [4.69, 9.17) is 15.2 Å². The van der Waals surface area contributed by atoms with E-state index in [0.29, 0.717) is 43.0 Å². The zero-order chi connectivity index (χ0) is 19.7. The largest absolute Gasteiger partial charge is 0.465 e. The number of methoxy groups -OCH3 is 1. The summed E-state index contributed by atoms with van der Waals surface area (Å²) in [4.78, 5) is 32.1. The van der Waals surface area contributed by atoms with Crippen molar-refractivity contribution in [3.8, 4) is 0 Å². The number of aromatic nitrogens is 3. The molecule has 9 heteroatoms. The number of pyridine rings is 2. The molecule has 146 valence electrons. The third-order valence-corrected chi connectivity index (χ3v) is 5.01. The number of fused-ring (bicyclic) bond motifs is 2. The Kier molecular flexibility index (Phi) is 4.93. The summed E-state index contributed by atoms with van der Waals surface area (Å²) in [6.45, 7) is 4.22. The van der Waals surface area contributed by atoms with Crippen LogP contribution >= 0.6 is 0 Å². The van der Waals surface area contributed by atoms with E-state index >= 15 is 0 Å². The maximum Gasteiger partial charge on any atom is 0.344 e. The highest BCUT2D eigenvalue weighted by Crippen LogP contribution is 2.15. The standard InChI is InChI=1S/C19H21N5O4/c1-27-19(26)13-12-14-17(21-15-4-2-3-5-23(15)18(14)25)24(16(13)20)7-6-22-8-10-28-11-9-22/h2-5,12,20H,6-11H2,1H3/p+1. The number of nitrogens with zero attached hydrogens (tertiary/aromatic N) is 4. The number of anilines is 1. The SMILES string of the molecule is COC(=O)c1cc2c(=O)n3ccccc3nc2[n+](CCN2CCOCC2)c1N. The predicted molar refractivity (Wildman–Crippen MR) is 102 cm³/mol. The lowest BCUT2D eigenvalue weighted by Gasteiger charge is -2.26. The van der Waals surface area contributed by atoms with Crippen LogP contribution in [0.5, 0.6) is 0 Å². The number of ether oxygens (including phenoxy) is 2. The van der Waals surface area contributed by atoms with Gasteiger partial charge in [-0.1, -0.05) is 11.1 Å². The summed E-state index contributed by atoms with van der Waals surface area (Å²) in [7, 11) is 1.29. The van der Waals surface area contributed by atoms with Crippen LogP contribution in [0.3, 0.4) is 0 Å². The molecule has 4 heterocycles. The van der Waals surface area contributed by atoms with Gasteiger partial charge in [0, 0.05) is 25.8 Å². The smallest absolute Gasteiger partial charge is 0.344 e. The number of carbonyl (C=O) groups excluding carboxylic acids is 1. The van der Waals surface area contributed by atoms with E-state index < -0.39 is 5.97 Å². The Hall–Kier alpha value is -3.04. The number of esters is 1. The van der Waals surface area contributed by atoms with Crippen LogP contribution in [0.25, 0.3) is 16.7 Å². The molecule has 0 unspecified atom stereocenters. The van der Waals surface area contributed by atoms with Gasteiger partial charge in [0.2, 0.25) is 11.5 Å². The third-order valence-electron chi connectivity index (χ3n) is 5.01. The fraction of sp³-hybridized carbons (Fsp3) is 0.368. The summed E-state index contributed by atoms with van der Waals surface area (Å²) in [5.41, 5.74) is 7.18. The van der Waals surface area contributed by atoms with Gasteiger partial charge >= 0.3 is 5.97 Å². The normalized spacial score (nSPS) is 15.2. The molecular formula is C19H22N5O4+. The van der Waals surface area contributed by atoms with Crippen LogP contribution in [0.4, 0.5) is 5.82 Å². The average molecular weight is 384 g/mol. The Bertz CT molecular complexity index is 1100. The molecule has 1 aliphatic heterocycles. The lowest BCUT2D eigenvalue weighted by molar-refractivity contribution is -0.658. The molecule has 0 spiro atoms. The summed E-state index contributed by atoms with van der Waals surface area (Å²) in [6, 6.07) is 6.80. The molecule has 4 rings (SSSR count). The Morgan fingerprint density at radius 3 is 2.89 bits per heavy atom. The van der Waals surface area contributed by atoms with E-state index in [9.17, 15) is 9.59 Å². The van der Waals surface area contributed by atoms with Gasteiger partial charge in [0.15, 0.2) is 0 Å². The van der Waals surface area contributed by atoms with Gasteiger partial charge in [0.1, 0.15) is 10.9 Å². The highest BCUT2D eigenvalue weighted by molar-refractivity contribution is 5.96. The first-order valence-corrected chi connectivity index (χ1v) is 9.12. The number of nitrogens with two attached hydrogens (primary N) is 1. The van der Waals surface area contributed by atoms with Crippen molar-refractivity contribution in [2.75, 3.05) is 45.7 Å². The van der Waals surface area contributed by atoms with Crippen molar-refractivity contribution in [3.05, 3.63) is 46.4 Å². The minimum Gasteiger partial charge on any atom is -0.465 e. The summed E-state index contributed by atoms with van der Waals surface area (Å²) in [6.07, 6.45) is 1.65. The van der Waals surface area contributed by atoms with Crippen molar-refractivity contribution in [1.29, 1.82) is 0 Å². The second-order valence-corrected chi connectivity index (χ2v) is 6.62. The predicted octanol–water partition coefficient (Wildman–Crippen LogP) is -0.164. The molecule has 0 aliphatic carbocycles. The van der Waals surface area contributed by atoms with Gasteiger partial charge < -0.3 is 15.2 Å². The van der Waals surface area contributed by atoms with Crippen LogP contribution in [0.1, 0.15) is 10.4 Å². The third kappa shape index (κ3) is 3.19. The fourth-order valence-electron chi connectivity index (χ4n) is 3.47. The molecule has 28 heavy (non-hydrogen) atoms. The number of hydrogen-bond donors (Lipinski definition) is 1. The van der Waals surface area contributed by atoms with Crippen LogP contribution < -0.4 is 15.9 Å². The topological polar surface area (TPSA) is 103 Å². The van der Waals surface area contributed by atoms with E-state index in [1.807, 2.05) is 6.07 Å². The van der Waals surface area contributed by atoms with E-state index in [1.165, 1.54) is 17.6 Å². The van der Waals surface area contributed by atoms with Crippen LogP contribution in [0, 0.1) is 0 Å². The molecule has 2 N–H and O–H groups in total. The molecule has 0 bridgehead atoms. The van der Waals surface area contributed by atoms with Crippen LogP contribution in [0.15, 0.2) is 35.3 Å². The first-order chi connectivity index (χ1) is 13.6. The molecule has 0 atom stereocenters. The molecular weight excluding hydrogens is 362 g/mol. The molecule has 1 saturated heterocycles. The van der Waals surface area contributed by atoms with Crippen LogP contribution in [-0.4, -0.2) is 60.2 Å². The first kappa shape index (κ1) is 18.3. The quantitative estimate of drug-likeness (QED) is 0.379. The van der Waals surface area contributed by atoms with Gasteiger partial charge in [-0.15, -0.1) is 0 Å². The van der Waals surface area contributed by atoms with Crippen LogP contribution in [0.2, 0.25) is 0 Å². The molecule has 0 radical (unpaired) electrons. The van der Waals surface area contributed by atoms with Crippen molar-refractivity contribution in [2.24, 2.45) is 0 Å². The van der Waals surface area contributed by atoms with Gasteiger partial charge in [-0.05, 0) is 18.2 Å². The zero-order valence-electron chi connectivity index (χ0n) is 15.6. The highest BCUT2D eigenvalue weighted by Gasteiger charge is 2.25. The molecule has 0 aromatic carbocycles. The number of hydrogen-bond acceptors (Lipinski definition) is 7. The Labute approximate surface area is 160 Å². The van der Waals surface area contributed by atoms with Crippen molar-refractivity contribution < 1.29 is 18.8 Å². The van der Waals surface area contributed by atoms with Gasteiger partial charge in [0.05, 0.1) is 26.9 Å². The highest BCUT2D eigenvalue weighted by atomic mass is 16.5. The Morgan fingerprint density at radius 1 is 1.36 bits per heavy atom. The maximum absolute atomic E-state index is 13.0. The van der Waals surface area contributed by atoms with Gasteiger partial charge in [-0.25, -0.2) is 9.36 Å². The number of nitrogen functional groups attached to an aromatic ring is 1. The second-order valence-electron chi connectivity index (χ2n) is 6.62. The minimum atomic E-state index is -0.586. The molecule has 0 amide bonds. The van der Waals surface area contributed by atoms with E-state index in [-0.39, 0.29) is 16.9 Å². The van der Waals surface area contributed by atoms with Crippen molar-refractivity contribution in [1.82, 2.24) is 14.3 Å². The summed E-state index contributed by atoms with van der Waals surface area (Å²) in [5.74, 6) is -0.350. The van der Waals surface area contributed by atoms with Crippen molar-refractivity contribution >= 4 is 28.5 Å². The summed E-state index contributed by atoms with van der Waals surface area (Å²) in [5, 5.41) is 0.320. The first-order valence-electron chi connectivity index (χ1n) is 9.12. The zero-order valence-corrected chi connectivity index (χ0v) is 15.6. The lowest BCUT2D eigenvalue weighted by Crippen LogP contribution is -2.48. The van der Waals surface area contributed by atoms with Gasteiger partial charge in [-0.3, -0.25) is 14.1 Å². The Balaban J connectivity index is 1.89. The number of morpholine rings is 1. The molecule has 1 fully saturated rings. The van der Waals surface area contributed by atoms with E-state index in [2.05, 4.69) is 9.88 Å². The summed E-state index contributed by atoms with van der Waals surface area (Å²) < 4.78 is 13.4. The molecule has 0 saturated carbocycles. The van der Waals surface area contributed by atoms with E-state index in [0.717, 1.165) is 13.1 Å². The van der Waals surface area contributed by atoms with Crippen molar-refractivity contribution in [3.63, 3.8) is 0 Å². The van der Waals surface area contributed by atoms with Gasteiger partial charge in [-0.2, -0.15) is 0 Å². The maximum atomic E-state index is 13.0. The number of carbonyl (C=O) groups is 1. The average Bonchev–Trinajstić information content (AvgIpc) is 2.73. The lowest BCUT2D eigenvalue weighted by atomic mass is 10.2. The molecule has 3 aromatic rings. The second kappa shape index (κ2) is 7.53. The van der Waals surface area contributed by atoms with E-state index in [1.54, 1.807) is 22.9 Å². The molecule has 9 nitrogen and oxygen atoms in total. The Morgan fingerprint density at radius 2 is 2.14 bits per heavy atom. The molecule has 1 aliphatic rings. The monoisotopic (exact) mass is 384 g/mol. The van der Waals surface area contributed by atoms with Gasteiger partial charge in [0.25, 0.3) is 11.2 Å².